The molecule has 0 saturated heterocycles. The van der Waals surface area contributed by atoms with Crippen molar-refractivity contribution in [1.82, 2.24) is 0 Å². The molecule has 0 atom stereocenters. The molecule has 2 heterocycles. The summed E-state index contributed by atoms with van der Waals surface area (Å²) >= 11 is 16.7. The van der Waals surface area contributed by atoms with Gasteiger partial charge in [-0.25, -0.2) is 0 Å². The molecule has 0 spiro atoms. The van der Waals surface area contributed by atoms with Crippen molar-refractivity contribution >= 4 is 139 Å². The monoisotopic (exact) mass is 1280 g/mol. The Morgan fingerprint density at radius 2 is 1.36 bits per heavy atom. The average molecular weight is 1280 g/mol. The predicted octanol–water partition coefficient (Wildman–Crippen LogP) is 4.67. The molecule has 2 aliphatic heterocycles. The molecule has 288 valence electrons. The minimum atomic E-state index is -4.02. The third kappa shape index (κ3) is 12.5. The van der Waals surface area contributed by atoms with E-state index in [-0.39, 0.29) is 81.5 Å². The second-order valence-corrected chi connectivity index (χ2v) is 23.1. The van der Waals surface area contributed by atoms with E-state index < -0.39 is 20.2 Å². The van der Waals surface area contributed by atoms with Crippen molar-refractivity contribution in [3.63, 3.8) is 0 Å². The summed E-state index contributed by atoms with van der Waals surface area (Å²) in [6.07, 6.45) is 13.3. The first-order chi connectivity index (χ1) is 24.6. The van der Waals surface area contributed by atoms with Gasteiger partial charge in [0.2, 0.25) is 5.69 Å². The number of hydrogen-bond donors (Lipinski definition) is 2. The maximum Gasteiger partial charge on any atom is 1.00 e. The molecule has 0 aromatic heterocycles. The summed E-state index contributed by atoms with van der Waals surface area (Å²) in [5, 5.41) is 0.749. The largest absolute Gasteiger partial charge is 1.00 e. The van der Waals surface area contributed by atoms with Gasteiger partial charge in [-0.2, -0.15) is 21.4 Å². The molecule has 2 N–H and O–H groups in total. The van der Waals surface area contributed by atoms with Gasteiger partial charge < -0.3 is 4.90 Å². The van der Waals surface area contributed by atoms with Crippen LogP contribution in [0.2, 0.25) is 0 Å². The number of allylic oxidation sites excluding steroid dienone is 8. The van der Waals surface area contributed by atoms with E-state index >= 15 is 0 Å². The average Bonchev–Trinajstić information content (AvgIpc) is 3.36. The number of halogens is 5. The van der Waals surface area contributed by atoms with Crippen LogP contribution < -0.4 is 64.0 Å². The molecule has 0 saturated carbocycles. The maximum atomic E-state index is 11.4. The quantitative estimate of drug-likeness (QED) is 0.0987. The van der Waals surface area contributed by atoms with Crippen LogP contribution in [-0.4, -0.2) is 60.8 Å². The molecule has 0 bridgehead atoms. The van der Waals surface area contributed by atoms with Crippen LogP contribution in [0.25, 0.3) is 0 Å². The van der Waals surface area contributed by atoms with Crippen LogP contribution >= 0.6 is 102 Å². The molecular formula is C38H44ClI4N2Na2O6S2+3. The third-order valence-corrected chi connectivity index (χ3v) is 15.2. The molecule has 2 aromatic rings. The molecule has 0 amide bonds. The van der Waals surface area contributed by atoms with Crippen molar-refractivity contribution in [2.24, 2.45) is 0 Å². The summed E-state index contributed by atoms with van der Waals surface area (Å²) in [5.41, 5.74) is 8.51. The van der Waals surface area contributed by atoms with Gasteiger partial charge in [-0.05, 0) is 178 Å². The van der Waals surface area contributed by atoms with Gasteiger partial charge in [0.05, 0.1) is 22.5 Å². The van der Waals surface area contributed by atoms with Gasteiger partial charge in [-0.1, -0.05) is 37.6 Å². The van der Waals surface area contributed by atoms with Crippen LogP contribution in [0.1, 0.15) is 83.8 Å². The topological polar surface area (TPSA) is 115 Å². The Bertz CT molecular complexity index is 2200. The first kappa shape index (κ1) is 51.3. The Labute approximate surface area is 431 Å². The van der Waals surface area contributed by atoms with Gasteiger partial charge in [0.25, 0.3) is 20.2 Å². The van der Waals surface area contributed by atoms with E-state index in [2.05, 4.69) is 176 Å². The number of benzene rings is 2. The van der Waals surface area contributed by atoms with Crippen LogP contribution in [0.4, 0.5) is 11.4 Å². The standard InChI is InChI=1S/C38H43ClI4N2O6S2.2Na/c1-37(2)32(44(16-5-7-18-52(46,47)48)30-22-26(40)20-28(42)34(30)37)14-12-24-10-9-11-25(36(24)39)13-15-33-38(3,4)35-29(43)21-27(41)23-31(35)45(33)17-6-8-19-53(49,50)51;;/h12-15,20-23H,5-11,16-19H2,1-4H3,(H-,46,47,48,49,50,51);;/q;2*+1/p+1. The summed E-state index contributed by atoms with van der Waals surface area (Å²) in [7, 11) is -8.04. The van der Waals surface area contributed by atoms with Crippen molar-refractivity contribution in [2.75, 3.05) is 29.5 Å². The van der Waals surface area contributed by atoms with E-state index in [1.54, 1.807) is 0 Å². The van der Waals surface area contributed by atoms with Gasteiger partial charge in [0.15, 0.2) is 5.71 Å². The molecule has 1 aliphatic carbocycles. The summed E-state index contributed by atoms with van der Waals surface area (Å²) < 4.78 is 71.2. The Balaban J connectivity index is 0.00000406. The molecule has 0 fully saturated rings. The number of hydrogen-bond acceptors (Lipinski definition) is 5. The van der Waals surface area contributed by atoms with Crippen LogP contribution in [0.15, 0.2) is 70.4 Å². The van der Waals surface area contributed by atoms with Crippen molar-refractivity contribution in [1.29, 1.82) is 0 Å². The molecule has 2 aromatic carbocycles. The van der Waals surface area contributed by atoms with Crippen LogP contribution in [0.3, 0.4) is 0 Å². The molecule has 5 rings (SSSR count). The van der Waals surface area contributed by atoms with E-state index in [4.69, 9.17) is 11.6 Å². The summed E-state index contributed by atoms with van der Waals surface area (Å²) in [6, 6.07) is 8.74. The summed E-state index contributed by atoms with van der Waals surface area (Å²) in [6.45, 7) is 10.2. The first-order valence-corrected chi connectivity index (χ1v) is 25.3. The van der Waals surface area contributed by atoms with Gasteiger partial charge in [-0.3, -0.25) is 9.11 Å². The van der Waals surface area contributed by atoms with Gasteiger partial charge in [0.1, 0.15) is 6.54 Å². The van der Waals surface area contributed by atoms with E-state index in [0.29, 0.717) is 38.8 Å². The number of nitrogens with zero attached hydrogens (tertiary/aromatic N) is 2. The van der Waals surface area contributed by atoms with Crippen LogP contribution in [0, 0.1) is 14.3 Å². The number of anilines is 1. The fourth-order valence-corrected chi connectivity index (χ4v) is 14.2. The summed E-state index contributed by atoms with van der Waals surface area (Å²) in [5.74, 6) is -0.513. The van der Waals surface area contributed by atoms with E-state index in [9.17, 15) is 25.9 Å². The third-order valence-electron chi connectivity index (χ3n) is 10.2. The normalized spacial score (nSPS) is 19.3. The Morgan fingerprint density at radius 1 is 0.782 bits per heavy atom. The Hall–Kier alpha value is 1.90. The molecular weight excluding hydrogens is 1230 g/mol. The van der Waals surface area contributed by atoms with Gasteiger partial charge in [-0.15, -0.1) is 0 Å². The van der Waals surface area contributed by atoms with Crippen LogP contribution in [-0.2, 0) is 31.1 Å². The fraction of sp³-hybridized carbons (Fsp3) is 0.447. The van der Waals surface area contributed by atoms with Gasteiger partial charge >= 0.3 is 59.1 Å². The molecule has 0 radical (unpaired) electrons. The Morgan fingerprint density at radius 3 is 1.98 bits per heavy atom. The zero-order chi connectivity index (χ0) is 39.1. The zero-order valence-electron chi connectivity index (χ0n) is 32.0. The number of fused-ring (bicyclic) bond motifs is 2. The van der Waals surface area contributed by atoms with E-state index in [1.165, 1.54) is 18.3 Å². The number of unbranched alkanes of at least 4 members (excludes halogenated alkanes) is 2. The first-order valence-electron chi connectivity index (χ1n) is 17.4. The number of rotatable bonds is 13. The van der Waals surface area contributed by atoms with E-state index in [0.717, 1.165) is 65.4 Å². The van der Waals surface area contributed by atoms with Crippen molar-refractivity contribution in [2.45, 2.75) is 83.5 Å². The fourth-order valence-electron chi connectivity index (χ4n) is 7.73. The second-order valence-electron chi connectivity index (χ2n) is 14.8. The molecule has 55 heavy (non-hydrogen) atoms. The minimum Gasteiger partial charge on any atom is -0.344 e. The van der Waals surface area contributed by atoms with Gasteiger partial charge in [0, 0.05) is 66.8 Å². The molecule has 17 heteroatoms. The zero-order valence-corrected chi connectivity index (χ0v) is 47.0. The van der Waals surface area contributed by atoms with E-state index in [1.807, 2.05) is 0 Å². The summed E-state index contributed by atoms with van der Waals surface area (Å²) in [4.78, 5) is 2.30. The molecule has 3 aliphatic rings. The van der Waals surface area contributed by atoms with Crippen LogP contribution in [0.5, 0.6) is 0 Å². The van der Waals surface area contributed by atoms with Crippen molar-refractivity contribution < 1.29 is 89.6 Å². The maximum absolute atomic E-state index is 11.4. The van der Waals surface area contributed by atoms with Crippen molar-refractivity contribution in [3.8, 4) is 0 Å². The second kappa shape index (κ2) is 20.8. The predicted molar refractivity (Wildman–Crippen MR) is 250 cm³/mol. The molecule has 8 nitrogen and oxygen atoms in total. The Kier molecular flexibility index (Phi) is 19.4. The minimum absolute atomic E-state index is 0. The SMILES string of the molecule is CC1(C)C(/C=C/C2=C(Cl)C(=C/C=C3/N(CCCCS(=O)(=O)O)c4cc(I)cc(I)c4C3(C)C)/CCC2)=[N+](CCCCS(=O)(=O)O)c2cc(I)cc(I)c21.[Na+].[Na+]. The molecule has 0 unspecified atom stereocenters. The smallest absolute Gasteiger partial charge is 0.344 e. The van der Waals surface area contributed by atoms with Crippen molar-refractivity contribution in [3.05, 3.63) is 95.9 Å².